The summed E-state index contributed by atoms with van der Waals surface area (Å²) < 4.78 is 14.8. The van der Waals surface area contributed by atoms with Crippen LogP contribution in [0.4, 0.5) is 0 Å². The quantitative estimate of drug-likeness (QED) is 0.141. The molecule has 384 valence electrons. The first-order valence-corrected chi connectivity index (χ1v) is 28.3. The molecule has 2 heterocycles. The lowest BCUT2D eigenvalue weighted by molar-refractivity contribution is 0.436. The van der Waals surface area contributed by atoms with E-state index in [-0.39, 0.29) is 0 Å². The molecule has 2 aliphatic heterocycles. The van der Waals surface area contributed by atoms with Gasteiger partial charge in [-0.3, -0.25) is 0 Å². The van der Waals surface area contributed by atoms with E-state index < -0.39 is 10.8 Å². The second-order valence-electron chi connectivity index (χ2n) is 21.7. The van der Waals surface area contributed by atoms with E-state index in [2.05, 4.69) is 315 Å². The van der Waals surface area contributed by atoms with Gasteiger partial charge in [-0.25, -0.2) is 0 Å². The maximum atomic E-state index is 7.39. The van der Waals surface area contributed by atoms with Gasteiger partial charge < -0.3 is 9.47 Å². The minimum Gasteiger partial charge on any atom is -0.456 e. The topological polar surface area (TPSA) is 18.5 Å². The summed E-state index contributed by atoms with van der Waals surface area (Å²) in [7, 11) is 0. The lowest BCUT2D eigenvalue weighted by Crippen LogP contribution is -2.34. The van der Waals surface area contributed by atoms with Gasteiger partial charge >= 0.3 is 0 Å². The Hall–Kier alpha value is -10.5. The Labute approximate surface area is 477 Å². The van der Waals surface area contributed by atoms with Gasteiger partial charge in [0.25, 0.3) is 0 Å². The van der Waals surface area contributed by atoms with Crippen LogP contribution in [0.25, 0.3) is 76.8 Å². The van der Waals surface area contributed by atoms with Gasteiger partial charge in [0.1, 0.15) is 23.0 Å². The summed E-state index contributed by atoms with van der Waals surface area (Å²) >= 11 is 0. The van der Waals surface area contributed by atoms with Crippen LogP contribution in [0.5, 0.6) is 23.0 Å². The molecule has 0 N–H and O–H groups in total. The summed E-state index contributed by atoms with van der Waals surface area (Å²) in [5, 5.41) is 6.93. The highest BCUT2D eigenvalue weighted by atomic mass is 16.5. The van der Waals surface area contributed by atoms with Gasteiger partial charge in [0.2, 0.25) is 0 Å². The van der Waals surface area contributed by atoms with Crippen LogP contribution in [0.1, 0.15) is 44.5 Å². The molecule has 0 spiro atoms. The standard InChI is InChI=1S/C80H52O2/c1-6-26-53(27-7-1)67-51-55(50-54-28-16-17-37-60(54)67)76-63-40-22-38-61(65-42-24-46-72-77(65)81-74-48-20-18-44-70(74)79(72,56-29-8-2-9-30-56)57-31-10-3-11-32-57)68(63)52-69-62(39-23-41-64(69)76)66-43-25-47-73-78(66)82-75-49-21-19-45-71(75)80(73,58-33-12-4-13-34-58)59-35-14-5-15-36-59/h1-52H. The largest absolute Gasteiger partial charge is 0.456 e. The number of benzene rings is 14. The third-order valence-corrected chi connectivity index (χ3v) is 17.5. The van der Waals surface area contributed by atoms with Gasteiger partial charge in [-0.2, -0.15) is 0 Å². The molecule has 16 rings (SSSR count). The third-order valence-electron chi connectivity index (χ3n) is 17.5. The molecule has 0 fully saturated rings. The molecule has 0 aliphatic carbocycles. The minimum atomic E-state index is -0.684. The summed E-state index contributed by atoms with van der Waals surface area (Å²) in [6, 6.07) is 115. The van der Waals surface area contributed by atoms with Gasteiger partial charge in [-0.05, 0) is 118 Å². The Morgan fingerprint density at radius 2 is 0.585 bits per heavy atom. The fourth-order valence-electron chi connectivity index (χ4n) is 14.1. The molecule has 0 bridgehead atoms. The summed E-state index contributed by atoms with van der Waals surface area (Å²) in [5.41, 5.74) is 16.6. The lowest BCUT2D eigenvalue weighted by Gasteiger charge is -2.42. The Bertz CT molecular complexity index is 4460. The molecule has 2 heteroatoms. The van der Waals surface area contributed by atoms with E-state index in [0.29, 0.717) is 0 Å². The fraction of sp³-hybridized carbons (Fsp3) is 0.0250. The molecule has 2 aliphatic rings. The first-order valence-electron chi connectivity index (χ1n) is 28.3. The van der Waals surface area contributed by atoms with Crippen molar-refractivity contribution in [2.24, 2.45) is 0 Å². The van der Waals surface area contributed by atoms with E-state index in [1.807, 2.05) is 0 Å². The van der Waals surface area contributed by atoms with E-state index in [4.69, 9.17) is 9.47 Å². The van der Waals surface area contributed by atoms with Gasteiger partial charge in [0.15, 0.2) is 0 Å². The van der Waals surface area contributed by atoms with Crippen LogP contribution in [0, 0.1) is 0 Å². The molecule has 2 nitrogen and oxygen atoms in total. The minimum absolute atomic E-state index is 0.684. The van der Waals surface area contributed by atoms with Crippen molar-refractivity contribution >= 4 is 32.3 Å². The van der Waals surface area contributed by atoms with Crippen molar-refractivity contribution in [1.82, 2.24) is 0 Å². The normalized spacial score (nSPS) is 13.5. The maximum Gasteiger partial charge on any atom is 0.140 e. The number of ether oxygens (including phenoxy) is 2. The van der Waals surface area contributed by atoms with Crippen LogP contribution in [0.2, 0.25) is 0 Å². The van der Waals surface area contributed by atoms with Gasteiger partial charge in [0, 0.05) is 33.4 Å². The smallest absolute Gasteiger partial charge is 0.140 e. The average molecular weight is 1050 g/mol. The molecule has 0 radical (unpaired) electrons. The van der Waals surface area contributed by atoms with E-state index >= 15 is 0 Å². The molecule has 14 aromatic rings. The Morgan fingerprint density at radius 3 is 1.06 bits per heavy atom. The van der Waals surface area contributed by atoms with Crippen molar-refractivity contribution in [3.8, 4) is 67.5 Å². The van der Waals surface area contributed by atoms with Crippen molar-refractivity contribution in [3.63, 3.8) is 0 Å². The van der Waals surface area contributed by atoms with Gasteiger partial charge in [-0.1, -0.05) is 285 Å². The highest BCUT2D eigenvalue weighted by molar-refractivity contribution is 6.20. The molecule has 0 saturated carbocycles. The SMILES string of the molecule is c1ccc(-c2cc(-c3c4cccc(-c5cccc6c5Oc5ccccc5C6(c5ccccc5)c5ccccc5)c4cc4c(-c5cccc6c5Oc5ccccc5C6(c5ccccc5)c5ccccc5)cccc34)cc3ccccc23)cc1. The molecule has 0 aromatic heterocycles. The van der Waals surface area contributed by atoms with Gasteiger partial charge in [-0.15, -0.1) is 0 Å². The number of fused-ring (bicyclic) bond motifs is 7. The van der Waals surface area contributed by atoms with Crippen LogP contribution >= 0.6 is 0 Å². The van der Waals surface area contributed by atoms with Crippen molar-refractivity contribution in [1.29, 1.82) is 0 Å². The summed E-state index contributed by atoms with van der Waals surface area (Å²) in [4.78, 5) is 0. The molecular weight excluding hydrogens is 993 g/mol. The summed E-state index contributed by atoms with van der Waals surface area (Å²) in [6.45, 7) is 0. The average Bonchev–Trinajstić information content (AvgIpc) is 2.90. The highest BCUT2D eigenvalue weighted by Gasteiger charge is 2.47. The Morgan fingerprint density at radius 1 is 0.220 bits per heavy atom. The van der Waals surface area contributed by atoms with Crippen LogP contribution < -0.4 is 9.47 Å². The highest BCUT2D eigenvalue weighted by Crippen LogP contribution is 2.60. The zero-order valence-corrected chi connectivity index (χ0v) is 44.8. The predicted octanol–water partition coefficient (Wildman–Crippen LogP) is 20.8. The van der Waals surface area contributed by atoms with Crippen LogP contribution in [0.3, 0.4) is 0 Å². The first kappa shape index (κ1) is 47.5. The van der Waals surface area contributed by atoms with Gasteiger partial charge in [0.05, 0.1) is 10.8 Å². The van der Waals surface area contributed by atoms with Crippen LogP contribution in [0.15, 0.2) is 315 Å². The van der Waals surface area contributed by atoms with E-state index in [0.717, 1.165) is 100 Å². The monoisotopic (exact) mass is 1040 g/mol. The van der Waals surface area contributed by atoms with Crippen molar-refractivity contribution in [3.05, 3.63) is 360 Å². The van der Waals surface area contributed by atoms with Crippen LogP contribution in [-0.2, 0) is 10.8 Å². The zero-order valence-electron chi connectivity index (χ0n) is 44.8. The van der Waals surface area contributed by atoms with E-state index in [1.165, 1.54) is 44.2 Å². The summed E-state index contributed by atoms with van der Waals surface area (Å²) in [6.07, 6.45) is 0. The second kappa shape index (κ2) is 19.1. The van der Waals surface area contributed by atoms with Crippen molar-refractivity contribution in [2.45, 2.75) is 10.8 Å². The second-order valence-corrected chi connectivity index (χ2v) is 21.7. The molecule has 0 atom stereocenters. The molecular formula is C80H52O2. The third kappa shape index (κ3) is 7.08. The Kier molecular flexibility index (Phi) is 11.0. The van der Waals surface area contributed by atoms with Crippen molar-refractivity contribution < 1.29 is 9.47 Å². The first-order chi connectivity index (χ1) is 40.7. The van der Waals surface area contributed by atoms with Crippen molar-refractivity contribution in [2.75, 3.05) is 0 Å². The predicted molar refractivity (Wildman–Crippen MR) is 337 cm³/mol. The number of para-hydroxylation sites is 4. The van der Waals surface area contributed by atoms with Crippen LogP contribution in [-0.4, -0.2) is 0 Å². The molecule has 82 heavy (non-hydrogen) atoms. The van der Waals surface area contributed by atoms with E-state index in [9.17, 15) is 0 Å². The number of hydrogen-bond acceptors (Lipinski definition) is 2. The molecule has 14 aromatic carbocycles. The molecule has 0 unspecified atom stereocenters. The zero-order chi connectivity index (χ0) is 54.2. The number of rotatable bonds is 8. The fourth-order valence-corrected chi connectivity index (χ4v) is 14.1. The summed E-state index contributed by atoms with van der Waals surface area (Å²) in [5.74, 6) is 3.36. The number of hydrogen-bond donors (Lipinski definition) is 0. The maximum absolute atomic E-state index is 7.39. The Balaban J connectivity index is 1.02. The van der Waals surface area contributed by atoms with E-state index in [1.54, 1.807) is 0 Å². The molecule has 0 amide bonds. The molecule has 0 saturated heterocycles. The lowest BCUT2D eigenvalue weighted by atomic mass is 9.63.